The van der Waals surface area contributed by atoms with Crippen molar-refractivity contribution in [1.82, 2.24) is 4.90 Å². The van der Waals surface area contributed by atoms with Gasteiger partial charge in [-0.25, -0.2) is 0 Å². The molecular weight excluding hydrogens is 300 g/mol. The molecule has 2 aromatic carbocycles. The van der Waals surface area contributed by atoms with E-state index >= 15 is 0 Å². The SMILES string of the molecule is Cc1ccc(C(=O)Nc2ccccc2C(=O)N2CCCC2)cc1C. The number of carbonyl (C=O) groups excluding carboxylic acids is 2. The normalized spacial score (nSPS) is 13.8. The minimum absolute atomic E-state index is 0.0107. The average Bonchev–Trinajstić information content (AvgIpc) is 3.11. The first-order valence-electron chi connectivity index (χ1n) is 8.33. The summed E-state index contributed by atoms with van der Waals surface area (Å²) < 4.78 is 0. The predicted molar refractivity (Wildman–Crippen MR) is 95.4 cm³/mol. The number of carbonyl (C=O) groups is 2. The van der Waals surface area contributed by atoms with Gasteiger partial charge in [-0.15, -0.1) is 0 Å². The highest BCUT2D eigenvalue weighted by atomic mass is 16.2. The van der Waals surface area contributed by atoms with Crippen molar-refractivity contribution >= 4 is 17.5 Å². The fourth-order valence-corrected chi connectivity index (χ4v) is 2.95. The summed E-state index contributed by atoms with van der Waals surface area (Å²) in [6.45, 7) is 5.58. The smallest absolute Gasteiger partial charge is 0.255 e. The lowest BCUT2D eigenvalue weighted by molar-refractivity contribution is 0.0794. The van der Waals surface area contributed by atoms with Crippen LogP contribution in [-0.2, 0) is 0 Å². The summed E-state index contributed by atoms with van der Waals surface area (Å²) in [6, 6.07) is 12.8. The van der Waals surface area contributed by atoms with Crippen LogP contribution < -0.4 is 5.32 Å². The second-order valence-electron chi connectivity index (χ2n) is 6.30. The Bertz CT molecular complexity index is 777. The van der Waals surface area contributed by atoms with Crippen LogP contribution in [0.1, 0.15) is 44.7 Å². The van der Waals surface area contributed by atoms with Gasteiger partial charge in [0.15, 0.2) is 0 Å². The van der Waals surface area contributed by atoms with E-state index in [1.807, 2.05) is 49.1 Å². The van der Waals surface area contributed by atoms with Gasteiger partial charge in [0.25, 0.3) is 11.8 Å². The van der Waals surface area contributed by atoms with Crippen molar-refractivity contribution in [3.8, 4) is 0 Å². The van der Waals surface area contributed by atoms with Crippen LogP contribution in [-0.4, -0.2) is 29.8 Å². The zero-order chi connectivity index (χ0) is 17.1. The largest absolute Gasteiger partial charge is 0.339 e. The number of amides is 2. The van der Waals surface area contributed by atoms with Crippen molar-refractivity contribution in [3.05, 3.63) is 64.7 Å². The van der Waals surface area contributed by atoms with E-state index in [-0.39, 0.29) is 11.8 Å². The lowest BCUT2D eigenvalue weighted by Crippen LogP contribution is -2.28. The van der Waals surface area contributed by atoms with Crippen molar-refractivity contribution < 1.29 is 9.59 Å². The topological polar surface area (TPSA) is 49.4 Å². The van der Waals surface area contributed by atoms with Gasteiger partial charge in [0.2, 0.25) is 0 Å². The van der Waals surface area contributed by atoms with Crippen LogP contribution in [0, 0.1) is 13.8 Å². The third-order valence-corrected chi connectivity index (χ3v) is 4.57. The van der Waals surface area contributed by atoms with E-state index in [2.05, 4.69) is 5.32 Å². The molecule has 1 aliphatic heterocycles. The maximum atomic E-state index is 12.7. The highest BCUT2D eigenvalue weighted by Crippen LogP contribution is 2.21. The maximum Gasteiger partial charge on any atom is 0.255 e. The second-order valence-corrected chi connectivity index (χ2v) is 6.30. The molecule has 0 radical (unpaired) electrons. The van der Waals surface area contributed by atoms with Crippen molar-refractivity contribution in [3.63, 3.8) is 0 Å². The quantitative estimate of drug-likeness (QED) is 0.934. The summed E-state index contributed by atoms with van der Waals surface area (Å²) in [5.74, 6) is -0.205. The van der Waals surface area contributed by atoms with Gasteiger partial charge in [0.05, 0.1) is 11.3 Å². The molecule has 0 spiro atoms. The highest BCUT2D eigenvalue weighted by molar-refractivity contribution is 6.09. The van der Waals surface area contributed by atoms with Gasteiger partial charge in [-0.05, 0) is 62.1 Å². The predicted octanol–water partition coefficient (Wildman–Crippen LogP) is 3.79. The molecule has 2 aromatic rings. The Morgan fingerprint density at radius 1 is 0.958 bits per heavy atom. The first-order valence-corrected chi connectivity index (χ1v) is 8.33. The molecule has 0 aromatic heterocycles. The van der Waals surface area contributed by atoms with Crippen molar-refractivity contribution in [1.29, 1.82) is 0 Å². The van der Waals surface area contributed by atoms with Crippen molar-refractivity contribution in [2.45, 2.75) is 26.7 Å². The van der Waals surface area contributed by atoms with Gasteiger partial charge in [0.1, 0.15) is 0 Å². The standard InChI is InChI=1S/C20H22N2O2/c1-14-9-10-16(13-15(14)2)19(23)21-18-8-4-3-7-17(18)20(24)22-11-5-6-12-22/h3-4,7-10,13H,5-6,11-12H2,1-2H3,(H,21,23). The molecule has 1 N–H and O–H groups in total. The Kier molecular flexibility index (Phi) is 4.65. The minimum Gasteiger partial charge on any atom is -0.339 e. The van der Waals surface area contributed by atoms with E-state index in [4.69, 9.17) is 0 Å². The Labute approximate surface area is 142 Å². The number of nitrogens with one attached hydrogen (secondary N) is 1. The number of likely N-dealkylation sites (tertiary alicyclic amines) is 1. The summed E-state index contributed by atoms with van der Waals surface area (Å²) in [6.07, 6.45) is 2.09. The van der Waals surface area contributed by atoms with Gasteiger partial charge in [-0.3, -0.25) is 9.59 Å². The summed E-state index contributed by atoms with van der Waals surface area (Å²) in [7, 11) is 0. The molecule has 24 heavy (non-hydrogen) atoms. The lowest BCUT2D eigenvalue weighted by Gasteiger charge is -2.18. The number of anilines is 1. The Balaban J connectivity index is 1.83. The molecule has 1 saturated heterocycles. The average molecular weight is 322 g/mol. The molecule has 1 fully saturated rings. The third-order valence-electron chi connectivity index (χ3n) is 4.57. The summed E-state index contributed by atoms with van der Waals surface area (Å²) >= 11 is 0. The molecule has 124 valence electrons. The number of hydrogen-bond donors (Lipinski definition) is 1. The van der Waals surface area contributed by atoms with Crippen LogP contribution in [0.3, 0.4) is 0 Å². The minimum atomic E-state index is -0.195. The molecule has 4 heteroatoms. The number of aryl methyl sites for hydroxylation is 2. The molecule has 2 amide bonds. The monoisotopic (exact) mass is 322 g/mol. The van der Waals surface area contributed by atoms with E-state index in [0.717, 1.165) is 37.1 Å². The second kappa shape index (κ2) is 6.87. The van der Waals surface area contributed by atoms with Crippen LogP contribution in [0.25, 0.3) is 0 Å². The summed E-state index contributed by atoms with van der Waals surface area (Å²) in [5, 5.41) is 2.89. The van der Waals surface area contributed by atoms with Crippen LogP contribution in [0.5, 0.6) is 0 Å². The van der Waals surface area contributed by atoms with E-state index in [9.17, 15) is 9.59 Å². The zero-order valence-corrected chi connectivity index (χ0v) is 14.1. The number of hydrogen-bond acceptors (Lipinski definition) is 2. The van der Waals surface area contributed by atoms with Gasteiger partial charge >= 0.3 is 0 Å². The molecule has 0 aliphatic carbocycles. The van der Waals surface area contributed by atoms with E-state index in [1.54, 1.807) is 12.1 Å². The number of nitrogens with zero attached hydrogens (tertiary/aromatic N) is 1. The number of para-hydroxylation sites is 1. The molecule has 0 bridgehead atoms. The molecule has 1 aliphatic rings. The van der Waals surface area contributed by atoms with Gasteiger partial charge in [0, 0.05) is 18.7 Å². The Morgan fingerprint density at radius 2 is 1.67 bits per heavy atom. The van der Waals surface area contributed by atoms with E-state index < -0.39 is 0 Å². The number of rotatable bonds is 3. The fraction of sp³-hybridized carbons (Fsp3) is 0.300. The van der Waals surface area contributed by atoms with Crippen LogP contribution in [0.15, 0.2) is 42.5 Å². The molecule has 4 nitrogen and oxygen atoms in total. The lowest BCUT2D eigenvalue weighted by atomic mass is 10.1. The van der Waals surface area contributed by atoms with Crippen molar-refractivity contribution in [2.24, 2.45) is 0 Å². The third kappa shape index (κ3) is 3.32. The summed E-state index contributed by atoms with van der Waals surface area (Å²) in [4.78, 5) is 27.0. The highest BCUT2D eigenvalue weighted by Gasteiger charge is 2.22. The first kappa shape index (κ1) is 16.2. The molecule has 0 unspecified atom stereocenters. The van der Waals surface area contributed by atoms with Gasteiger partial charge < -0.3 is 10.2 Å². The zero-order valence-electron chi connectivity index (χ0n) is 14.1. The molecule has 1 heterocycles. The Hall–Kier alpha value is -2.62. The Morgan fingerprint density at radius 3 is 2.38 bits per heavy atom. The molecule has 3 rings (SSSR count). The van der Waals surface area contributed by atoms with Gasteiger partial charge in [-0.2, -0.15) is 0 Å². The van der Waals surface area contributed by atoms with Crippen LogP contribution >= 0.6 is 0 Å². The first-order chi connectivity index (χ1) is 11.6. The van der Waals surface area contributed by atoms with Crippen LogP contribution in [0.2, 0.25) is 0 Å². The molecule has 0 saturated carbocycles. The molecule has 0 atom stereocenters. The fourth-order valence-electron chi connectivity index (χ4n) is 2.95. The molecular formula is C20H22N2O2. The van der Waals surface area contributed by atoms with Gasteiger partial charge in [-0.1, -0.05) is 18.2 Å². The maximum absolute atomic E-state index is 12.7. The summed E-state index contributed by atoms with van der Waals surface area (Å²) in [5.41, 5.74) is 3.94. The number of benzene rings is 2. The van der Waals surface area contributed by atoms with Crippen molar-refractivity contribution in [2.75, 3.05) is 18.4 Å². The van der Waals surface area contributed by atoms with E-state index in [1.165, 1.54) is 0 Å². The van der Waals surface area contributed by atoms with E-state index in [0.29, 0.717) is 16.8 Å². The van der Waals surface area contributed by atoms with Crippen LogP contribution in [0.4, 0.5) is 5.69 Å².